The third kappa shape index (κ3) is 4.75. The molecule has 2 heterocycles. The average Bonchev–Trinajstić information content (AvgIpc) is 3.41. The Bertz CT molecular complexity index is 2130. The number of hydrogen-bond acceptors (Lipinski definition) is 0. The molecule has 0 N–H and O–H groups in total. The lowest BCUT2D eigenvalue weighted by molar-refractivity contribution is -0.758. The van der Waals surface area contributed by atoms with Crippen LogP contribution in [0.15, 0.2) is 103 Å². The zero-order chi connectivity index (χ0) is 36.2. The van der Waals surface area contributed by atoms with Crippen LogP contribution in [0, 0.1) is 11.8 Å². The van der Waals surface area contributed by atoms with Crippen LogP contribution < -0.4 is 4.57 Å². The number of rotatable bonds is 5. The molecule has 3 aromatic carbocycles. The van der Waals surface area contributed by atoms with E-state index in [0.717, 1.165) is 19.3 Å². The number of aromatic nitrogens is 1. The molecule has 2 bridgehead atoms. The minimum atomic E-state index is -0.115. The lowest BCUT2D eigenvalue weighted by Crippen LogP contribution is -2.57. The van der Waals surface area contributed by atoms with E-state index in [0.29, 0.717) is 29.6 Å². The zero-order valence-electron chi connectivity index (χ0n) is 32.8. The Kier molecular flexibility index (Phi) is 7.88. The molecular formula is C50H58N+. The highest BCUT2D eigenvalue weighted by Crippen LogP contribution is 2.61. The number of allylic oxidation sites excluding steroid dienone is 5. The highest BCUT2D eigenvalue weighted by atomic mass is 15.1. The molecule has 0 amide bonds. The van der Waals surface area contributed by atoms with Crippen LogP contribution in [0.5, 0.6) is 0 Å². The minimum Gasteiger partial charge on any atom is -0.192 e. The summed E-state index contributed by atoms with van der Waals surface area (Å²) >= 11 is 0. The van der Waals surface area contributed by atoms with E-state index in [2.05, 4.69) is 165 Å². The van der Waals surface area contributed by atoms with Gasteiger partial charge in [-0.3, -0.25) is 0 Å². The van der Waals surface area contributed by atoms with Gasteiger partial charge in [0, 0.05) is 41.2 Å². The molecule has 8 rings (SSSR count). The molecular weight excluding hydrogens is 615 g/mol. The molecule has 4 unspecified atom stereocenters. The second kappa shape index (κ2) is 11.8. The van der Waals surface area contributed by atoms with Gasteiger partial charge in [0.05, 0.1) is 5.56 Å². The second-order valence-corrected chi connectivity index (χ2v) is 17.9. The molecule has 0 spiro atoms. The second-order valence-electron chi connectivity index (χ2n) is 17.9. The number of fused-ring (bicyclic) bond motifs is 1. The third-order valence-electron chi connectivity index (χ3n) is 14.4. The maximum atomic E-state index is 4.85. The molecule has 1 heteroatoms. The predicted octanol–water partition coefficient (Wildman–Crippen LogP) is 12.9. The van der Waals surface area contributed by atoms with Gasteiger partial charge in [-0.15, -0.1) is 0 Å². The Morgan fingerprint density at radius 2 is 1.51 bits per heavy atom. The van der Waals surface area contributed by atoms with Gasteiger partial charge in [0.25, 0.3) is 0 Å². The lowest BCUT2D eigenvalue weighted by Gasteiger charge is -2.40. The lowest BCUT2D eigenvalue weighted by atomic mass is 9.64. The van der Waals surface area contributed by atoms with Crippen LogP contribution in [-0.2, 0) is 16.4 Å². The van der Waals surface area contributed by atoms with Gasteiger partial charge in [0.1, 0.15) is 0 Å². The standard InChI is InChI=1S/C50H58N/c1-12-50(13-2)28-39(44-32(6)31(5)19-17-23-40-33(7)45-37(44)22-18-24-41(45)48(40,8)9)38-25-35(34-20-15-14-16-21-34)26-42-46(38)47-43(49(42,10)11)27-36(30(3)4)29-51(47)50/h14-27,29-32,39,44H,7,12-13,28H2,1-6,8-11H3/q+1. The minimum absolute atomic E-state index is 0.0172. The van der Waals surface area contributed by atoms with Gasteiger partial charge < -0.3 is 0 Å². The van der Waals surface area contributed by atoms with Crippen molar-refractivity contribution in [3.05, 3.63) is 142 Å². The first kappa shape index (κ1) is 34.1. The number of hydrogen-bond donors (Lipinski definition) is 0. The van der Waals surface area contributed by atoms with Gasteiger partial charge in [0.15, 0.2) is 11.7 Å². The fourth-order valence-electron chi connectivity index (χ4n) is 10.9. The third-order valence-corrected chi connectivity index (χ3v) is 14.4. The SMILES string of the molecule is C=C1C2=CC=CC(C)C(C)C(C3CC(CC)(CC)[n+]4cc(C(C)C)cc5c4-c4c3cc(-c3ccccc3)cc4C5(C)C)c3cccc(c31)C2(C)C. The van der Waals surface area contributed by atoms with Crippen LogP contribution in [0.2, 0.25) is 0 Å². The zero-order valence-corrected chi connectivity index (χ0v) is 32.8. The molecule has 1 nitrogen and oxygen atoms in total. The van der Waals surface area contributed by atoms with Crippen LogP contribution in [-0.4, -0.2) is 0 Å². The van der Waals surface area contributed by atoms with E-state index in [1.54, 1.807) is 5.56 Å². The predicted molar refractivity (Wildman–Crippen MR) is 216 cm³/mol. The van der Waals surface area contributed by atoms with Crippen LogP contribution in [0.25, 0.3) is 28.0 Å². The molecule has 51 heavy (non-hydrogen) atoms. The van der Waals surface area contributed by atoms with Crippen molar-refractivity contribution in [1.29, 1.82) is 0 Å². The molecule has 4 atom stereocenters. The number of nitrogens with zero attached hydrogens (tertiary/aromatic N) is 1. The average molecular weight is 673 g/mol. The summed E-state index contributed by atoms with van der Waals surface area (Å²) in [5.41, 5.74) is 18.4. The van der Waals surface area contributed by atoms with Crippen LogP contribution in [0.3, 0.4) is 0 Å². The van der Waals surface area contributed by atoms with E-state index in [1.165, 1.54) is 66.9 Å². The molecule has 0 radical (unpaired) electrons. The summed E-state index contributed by atoms with van der Waals surface area (Å²) in [4.78, 5) is 0. The van der Waals surface area contributed by atoms with Crippen LogP contribution in [0.1, 0.15) is 145 Å². The molecule has 4 aromatic rings. The molecule has 262 valence electrons. The van der Waals surface area contributed by atoms with Crippen molar-refractivity contribution < 1.29 is 4.57 Å². The molecule has 0 saturated heterocycles. The van der Waals surface area contributed by atoms with Crippen molar-refractivity contribution in [3.8, 4) is 22.4 Å². The maximum absolute atomic E-state index is 4.85. The summed E-state index contributed by atoms with van der Waals surface area (Å²) in [5.74, 6) is 1.91. The molecule has 0 saturated carbocycles. The maximum Gasteiger partial charge on any atom is 0.217 e. The summed E-state index contributed by atoms with van der Waals surface area (Å²) in [5, 5.41) is 0. The first-order chi connectivity index (χ1) is 24.3. The van der Waals surface area contributed by atoms with Crippen molar-refractivity contribution in [2.24, 2.45) is 11.8 Å². The van der Waals surface area contributed by atoms with E-state index >= 15 is 0 Å². The Morgan fingerprint density at radius 3 is 2.20 bits per heavy atom. The summed E-state index contributed by atoms with van der Waals surface area (Å²) < 4.78 is 2.82. The topological polar surface area (TPSA) is 3.88 Å². The van der Waals surface area contributed by atoms with Crippen LogP contribution >= 0.6 is 0 Å². The summed E-state index contributed by atoms with van der Waals surface area (Å²) in [7, 11) is 0. The Morgan fingerprint density at radius 1 is 0.784 bits per heavy atom. The Hall–Kier alpha value is -3.97. The fraction of sp³-hybridized carbons (Fsp3) is 0.420. The highest BCUT2D eigenvalue weighted by Gasteiger charge is 2.55. The van der Waals surface area contributed by atoms with E-state index in [4.69, 9.17) is 6.58 Å². The Labute approximate surface area is 308 Å². The van der Waals surface area contributed by atoms with E-state index in [9.17, 15) is 0 Å². The van der Waals surface area contributed by atoms with Gasteiger partial charge in [0.2, 0.25) is 5.69 Å². The van der Waals surface area contributed by atoms with Gasteiger partial charge >= 0.3 is 0 Å². The normalized spacial score (nSPS) is 24.7. The molecule has 4 aliphatic rings. The molecule has 1 aromatic heterocycles. The summed E-state index contributed by atoms with van der Waals surface area (Å²) in [6, 6.07) is 26.1. The quantitative estimate of drug-likeness (QED) is 0.186. The van der Waals surface area contributed by atoms with Gasteiger partial charge in [-0.05, 0) is 97.9 Å². The van der Waals surface area contributed by atoms with E-state index in [1.807, 2.05) is 0 Å². The van der Waals surface area contributed by atoms with Crippen molar-refractivity contribution in [1.82, 2.24) is 0 Å². The van der Waals surface area contributed by atoms with Crippen molar-refractivity contribution >= 4 is 5.57 Å². The smallest absolute Gasteiger partial charge is 0.192 e. The first-order valence-corrected chi connectivity index (χ1v) is 19.8. The van der Waals surface area contributed by atoms with E-state index in [-0.39, 0.29) is 16.4 Å². The Balaban J connectivity index is 1.51. The van der Waals surface area contributed by atoms with E-state index < -0.39 is 0 Å². The monoisotopic (exact) mass is 672 g/mol. The van der Waals surface area contributed by atoms with Gasteiger partial charge in [-0.2, -0.15) is 4.57 Å². The van der Waals surface area contributed by atoms with Crippen molar-refractivity contribution in [3.63, 3.8) is 0 Å². The van der Waals surface area contributed by atoms with Crippen molar-refractivity contribution in [2.45, 2.75) is 123 Å². The molecule has 3 aliphatic carbocycles. The van der Waals surface area contributed by atoms with Crippen LogP contribution in [0.4, 0.5) is 0 Å². The van der Waals surface area contributed by atoms with Crippen molar-refractivity contribution in [2.75, 3.05) is 0 Å². The number of pyridine rings is 1. The summed E-state index contributed by atoms with van der Waals surface area (Å²) in [6.45, 7) is 29.3. The van der Waals surface area contributed by atoms with Gasteiger partial charge in [-0.25, -0.2) is 0 Å². The highest BCUT2D eigenvalue weighted by molar-refractivity contribution is 5.91. The number of benzene rings is 3. The first-order valence-electron chi connectivity index (χ1n) is 19.8. The largest absolute Gasteiger partial charge is 0.217 e. The fourth-order valence-corrected chi connectivity index (χ4v) is 10.9. The summed E-state index contributed by atoms with van der Waals surface area (Å²) in [6.07, 6.45) is 13.1. The molecule has 0 fully saturated rings. The molecule has 1 aliphatic heterocycles. The van der Waals surface area contributed by atoms with Gasteiger partial charge in [-0.1, -0.05) is 143 Å².